The first-order valence-corrected chi connectivity index (χ1v) is 4.15. The summed E-state index contributed by atoms with van der Waals surface area (Å²) in [6.45, 7) is 0. The van der Waals surface area contributed by atoms with Crippen molar-refractivity contribution in [3.8, 4) is 17.9 Å². The van der Waals surface area contributed by atoms with E-state index >= 15 is 0 Å². The van der Waals surface area contributed by atoms with Gasteiger partial charge >= 0.3 is 0 Å². The smallest absolute Gasteiger partial charge is 0.152 e. The van der Waals surface area contributed by atoms with E-state index in [0.717, 1.165) is 16.5 Å². The number of nitriles is 1. The second-order valence-corrected chi connectivity index (χ2v) is 2.77. The molecule has 0 spiro atoms. The molecule has 2 nitrogen and oxygen atoms in total. The van der Waals surface area contributed by atoms with Crippen molar-refractivity contribution >= 4 is 10.9 Å². The highest BCUT2D eigenvalue weighted by atomic mass is 14.6. The summed E-state index contributed by atoms with van der Waals surface area (Å²) in [4.78, 5) is 4.19. The zero-order valence-corrected chi connectivity index (χ0v) is 7.36. The molecule has 0 aliphatic rings. The molecule has 1 aromatic heterocycles. The standard InChI is InChI=1S/C12H6N2/c13-7-1-3-10-5-6-12-11(9-10)4-2-8-14-12/h2,4-6,8-9H. The van der Waals surface area contributed by atoms with Crippen LogP contribution in [-0.4, -0.2) is 4.98 Å². The van der Waals surface area contributed by atoms with Gasteiger partial charge in [-0.2, -0.15) is 5.26 Å². The third-order valence-electron chi connectivity index (χ3n) is 1.87. The van der Waals surface area contributed by atoms with Gasteiger partial charge in [0.25, 0.3) is 0 Å². The van der Waals surface area contributed by atoms with Gasteiger partial charge in [0.1, 0.15) is 0 Å². The van der Waals surface area contributed by atoms with Crippen molar-refractivity contribution in [3.63, 3.8) is 0 Å². The molecule has 1 aromatic carbocycles. The van der Waals surface area contributed by atoms with Gasteiger partial charge in [0.2, 0.25) is 0 Å². The fourth-order valence-electron chi connectivity index (χ4n) is 1.25. The zero-order chi connectivity index (χ0) is 9.80. The molecule has 2 heteroatoms. The van der Waals surface area contributed by atoms with Gasteiger partial charge in [-0.15, -0.1) is 0 Å². The Kier molecular flexibility index (Phi) is 2.13. The lowest BCUT2D eigenvalue weighted by molar-refractivity contribution is 1.41. The van der Waals surface area contributed by atoms with Crippen molar-refractivity contribution in [3.05, 3.63) is 42.1 Å². The number of aromatic nitrogens is 1. The van der Waals surface area contributed by atoms with Crippen LogP contribution in [0.15, 0.2) is 36.5 Å². The van der Waals surface area contributed by atoms with Gasteiger partial charge in [-0.3, -0.25) is 4.98 Å². The van der Waals surface area contributed by atoms with Crippen LogP contribution in [0.3, 0.4) is 0 Å². The highest BCUT2D eigenvalue weighted by Crippen LogP contribution is 2.12. The number of fused-ring (bicyclic) bond motifs is 1. The predicted molar refractivity (Wildman–Crippen MR) is 54.2 cm³/mol. The van der Waals surface area contributed by atoms with Crippen molar-refractivity contribution in [2.75, 3.05) is 0 Å². The molecular formula is C12H6N2. The van der Waals surface area contributed by atoms with Gasteiger partial charge in [0.05, 0.1) is 5.52 Å². The molecule has 0 radical (unpaired) electrons. The molecule has 0 bridgehead atoms. The Morgan fingerprint density at radius 1 is 1.21 bits per heavy atom. The molecule has 1 heterocycles. The quantitative estimate of drug-likeness (QED) is 0.579. The number of benzene rings is 1. The summed E-state index contributed by atoms with van der Waals surface area (Å²) in [7, 11) is 0. The lowest BCUT2D eigenvalue weighted by Gasteiger charge is -1.95. The van der Waals surface area contributed by atoms with Gasteiger partial charge in [0, 0.05) is 23.1 Å². The van der Waals surface area contributed by atoms with E-state index < -0.39 is 0 Å². The predicted octanol–water partition coefficient (Wildman–Crippen LogP) is 2.11. The first-order valence-electron chi connectivity index (χ1n) is 4.15. The average molecular weight is 178 g/mol. The van der Waals surface area contributed by atoms with E-state index in [9.17, 15) is 0 Å². The van der Waals surface area contributed by atoms with Crippen LogP contribution in [0.2, 0.25) is 0 Å². The number of nitrogens with zero attached hydrogens (tertiary/aromatic N) is 2. The summed E-state index contributed by atoms with van der Waals surface area (Å²) in [6, 6.07) is 11.3. The second kappa shape index (κ2) is 3.60. The van der Waals surface area contributed by atoms with E-state index in [1.54, 1.807) is 12.3 Å². The third-order valence-corrected chi connectivity index (χ3v) is 1.87. The first-order chi connectivity index (χ1) is 6.90. The van der Waals surface area contributed by atoms with Crippen molar-refractivity contribution in [1.29, 1.82) is 5.26 Å². The second-order valence-electron chi connectivity index (χ2n) is 2.77. The summed E-state index contributed by atoms with van der Waals surface area (Å²) in [6.07, 6.45) is 1.75. The topological polar surface area (TPSA) is 36.7 Å². The highest BCUT2D eigenvalue weighted by molar-refractivity contribution is 5.79. The lowest BCUT2D eigenvalue weighted by Crippen LogP contribution is -1.79. The summed E-state index contributed by atoms with van der Waals surface area (Å²) in [5.41, 5.74) is 1.78. The maximum absolute atomic E-state index is 8.30. The molecule has 0 aliphatic carbocycles. The number of hydrogen-bond acceptors (Lipinski definition) is 2. The lowest BCUT2D eigenvalue weighted by atomic mass is 10.1. The van der Waals surface area contributed by atoms with Crippen LogP contribution < -0.4 is 0 Å². The van der Waals surface area contributed by atoms with Crippen molar-refractivity contribution in [2.45, 2.75) is 0 Å². The van der Waals surface area contributed by atoms with E-state index in [-0.39, 0.29) is 0 Å². The Hall–Kier alpha value is -2.32. The molecule has 0 unspecified atom stereocenters. The average Bonchev–Trinajstić information content (AvgIpc) is 2.26. The first kappa shape index (κ1) is 8.29. The fraction of sp³-hybridized carbons (Fsp3) is 0. The molecule has 2 aromatic rings. The number of rotatable bonds is 0. The Morgan fingerprint density at radius 3 is 3.00 bits per heavy atom. The molecule has 0 atom stereocenters. The largest absolute Gasteiger partial charge is 0.256 e. The van der Waals surface area contributed by atoms with E-state index in [0.29, 0.717) is 0 Å². The van der Waals surface area contributed by atoms with Crippen LogP contribution in [0, 0.1) is 23.2 Å². The maximum Gasteiger partial charge on any atom is 0.152 e. The summed E-state index contributed by atoms with van der Waals surface area (Å²) in [5.74, 6) is 5.11. The van der Waals surface area contributed by atoms with E-state index in [4.69, 9.17) is 5.26 Å². The Morgan fingerprint density at radius 2 is 2.14 bits per heavy atom. The monoisotopic (exact) mass is 178 g/mol. The van der Waals surface area contributed by atoms with E-state index in [1.165, 1.54) is 0 Å². The highest BCUT2D eigenvalue weighted by Gasteiger charge is 1.93. The minimum atomic E-state index is 0.840. The van der Waals surface area contributed by atoms with Gasteiger partial charge in [-0.1, -0.05) is 12.0 Å². The summed E-state index contributed by atoms with van der Waals surface area (Å²) in [5, 5.41) is 9.34. The van der Waals surface area contributed by atoms with Crippen LogP contribution in [0.1, 0.15) is 5.56 Å². The van der Waals surface area contributed by atoms with E-state index in [2.05, 4.69) is 16.8 Å². The van der Waals surface area contributed by atoms with Crippen LogP contribution in [0.25, 0.3) is 10.9 Å². The molecule has 64 valence electrons. The van der Waals surface area contributed by atoms with Crippen LogP contribution in [0.4, 0.5) is 0 Å². The molecule has 2 rings (SSSR count). The minimum Gasteiger partial charge on any atom is -0.256 e. The molecule has 0 N–H and O–H groups in total. The Labute approximate surface area is 81.8 Å². The molecular weight excluding hydrogens is 172 g/mol. The van der Waals surface area contributed by atoms with Gasteiger partial charge < -0.3 is 0 Å². The van der Waals surface area contributed by atoms with Crippen LogP contribution in [-0.2, 0) is 0 Å². The molecule has 0 saturated heterocycles. The van der Waals surface area contributed by atoms with Crippen LogP contribution in [0.5, 0.6) is 0 Å². The minimum absolute atomic E-state index is 0.840. The van der Waals surface area contributed by atoms with E-state index in [1.807, 2.05) is 30.3 Å². The molecule has 14 heavy (non-hydrogen) atoms. The Bertz CT molecular complexity index is 568. The summed E-state index contributed by atoms with van der Waals surface area (Å²) < 4.78 is 0. The van der Waals surface area contributed by atoms with Crippen molar-refractivity contribution in [1.82, 2.24) is 4.98 Å². The van der Waals surface area contributed by atoms with Crippen molar-refractivity contribution < 1.29 is 0 Å². The maximum atomic E-state index is 8.30. The van der Waals surface area contributed by atoms with Gasteiger partial charge in [-0.05, 0) is 24.3 Å². The zero-order valence-electron chi connectivity index (χ0n) is 7.36. The summed E-state index contributed by atoms with van der Waals surface area (Å²) >= 11 is 0. The van der Waals surface area contributed by atoms with Gasteiger partial charge in [0.15, 0.2) is 6.07 Å². The molecule has 0 fully saturated rings. The normalized spacial score (nSPS) is 8.79. The number of hydrogen-bond donors (Lipinski definition) is 0. The fourth-order valence-corrected chi connectivity index (χ4v) is 1.25. The SMILES string of the molecule is N#CC#Cc1ccc2ncccc2c1. The Balaban J connectivity index is 2.58. The van der Waals surface area contributed by atoms with Crippen LogP contribution >= 0.6 is 0 Å². The van der Waals surface area contributed by atoms with Crippen molar-refractivity contribution in [2.24, 2.45) is 0 Å². The third kappa shape index (κ3) is 1.55. The molecule has 0 amide bonds. The molecule has 0 saturated carbocycles. The number of pyridine rings is 1. The van der Waals surface area contributed by atoms with Gasteiger partial charge in [-0.25, -0.2) is 0 Å². The molecule has 0 aliphatic heterocycles.